The van der Waals surface area contributed by atoms with E-state index in [-0.39, 0.29) is 0 Å². The Morgan fingerprint density at radius 3 is 2.62 bits per heavy atom. The number of aromatic nitrogens is 1. The van der Waals surface area contributed by atoms with Crippen LogP contribution in [0.4, 0.5) is 10.8 Å². The predicted octanol–water partition coefficient (Wildman–Crippen LogP) is 5.70. The smallest absolute Gasteiger partial charge is 0.191 e. The van der Waals surface area contributed by atoms with Crippen molar-refractivity contribution in [3.05, 3.63) is 65.0 Å². The van der Waals surface area contributed by atoms with Crippen LogP contribution in [0.1, 0.15) is 0 Å². The Morgan fingerprint density at radius 1 is 1.04 bits per heavy atom. The highest BCUT2D eigenvalue weighted by Crippen LogP contribution is 2.33. The maximum atomic E-state index is 5.94. The number of thiazole rings is 1. The van der Waals surface area contributed by atoms with Crippen LogP contribution >= 0.6 is 34.7 Å². The molecule has 2 aromatic carbocycles. The molecule has 1 aliphatic rings. The SMILES string of the molecule is Clc1ccc(N=C2SCCN2c2nc(-c3ccccc3)cs2)cc1. The summed E-state index contributed by atoms with van der Waals surface area (Å²) >= 11 is 9.36. The van der Waals surface area contributed by atoms with Crippen LogP contribution < -0.4 is 4.90 Å². The quantitative estimate of drug-likeness (QED) is 0.590. The molecule has 0 N–H and O–H groups in total. The molecule has 1 aromatic heterocycles. The lowest BCUT2D eigenvalue weighted by atomic mass is 10.2. The van der Waals surface area contributed by atoms with E-state index < -0.39 is 0 Å². The Labute approximate surface area is 154 Å². The van der Waals surface area contributed by atoms with E-state index in [4.69, 9.17) is 21.6 Å². The Morgan fingerprint density at radius 2 is 1.83 bits per heavy atom. The highest BCUT2D eigenvalue weighted by Gasteiger charge is 2.24. The molecule has 0 unspecified atom stereocenters. The second-order valence-electron chi connectivity index (χ2n) is 5.25. The van der Waals surface area contributed by atoms with Gasteiger partial charge in [-0.2, -0.15) is 0 Å². The van der Waals surface area contributed by atoms with Gasteiger partial charge in [0.15, 0.2) is 10.3 Å². The van der Waals surface area contributed by atoms with Crippen molar-refractivity contribution in [1.29, 1.82) is 0 Å². The van der Waals surface area contributed by atoms with Gasteiger partial charge in [-0.25, -0.2) is 9.98 Å². The topological polar surface area (TPSA) is 28.5 Å². The maximum Gasteiger partial charge on any atom is 0.191 e. The fourth-order valence-corrected chi connectivity index (χ4v) is 4.43. The summed E-state index contributed by atoms with van der Waals surface area (Å²) in [5, 5.41) is 4.81. The lowest BCUT2D eigenvalue weighted by Gasteiger charge is -2.13. The second-order valence-corrected chi connectivity index (χ2v) is 7.59. The van der Waals surface area contributed by atoms with Gasteiger partial charge in [0, 0.05) is 28.3 Å². The molecule has 6 heteroatoms. The monoisotopic (exact) mass is 371 g/mol. The van der Waals surface area contributed by atoms with Crippen LogP contribution in [0.25, 0.3) is 11.3 Å². The van der Waals surface area contributed by atoms with Crippen LogP contribution in [0, 0.1) is 0 Å². The van der Waals surface area contributed by atoms with Crippen LogP contribution in [0.2, 0.25) is 5.02 Å². The van der Waals surface area contributed by atoms with E-state index in [0.29, 0.717) is 0 Å². The third-order valence-corrected chi connectivity index (χ3v) is 5.69. The van der Waals surface area contributed by atoms with Crippen molar-refractivity contribution in [3.63, 3.8) is 0 Å². The molecular weight excluding hydrogens is 358 g/mol. The molecule has 0 atom stereocenters. The molecule has 0 aliphatic carbocycles. The standard InChI is InChI=1S/C18H14ClN3S2/c19-14-6-8-15(9-7-14)20-17-22(10-11-23-17)18-21-16(12-24-18)13-4-2-1-3-5-13/h1-9,12H,10-11H2. The lowest BCUT2D eigenvalue weighted by Crippen LogP contribution is -2.23. The number of rotatable bonds is 3. The molecule has 0 bridgehead atoms. The number of anilines is 1. The van der Waals surface area contributed by atoms with Crippen LogP contribution in [0.5, 0.6) is 0 Å². The predicted molar refractivity (Wildman–Crippen MR) is 106 cm³/mol. The summed E-state index contributed by atoms with van der Waals surface area (Å²) in [7, 11) is 0. The van der Waals surface area contributed by atoms with E-state index in [9.17, 15) is 0 Å². The number of thioether (sulfide) groups is 1. The zero-order valence-electron chi connectivity index (χ0n) is 12.7. The summed E-state index contributed by atoms with van der Waals surface area (Å²) in [6, 6.07) is 17.9. The fourth-order valence-electron chi connectivity index (χ4n) is 2.43. The third-order valence-electron chi connectivity index (χ3n) is 3.62. The average Bonchev–Trinajstić information content (AvgIpc) is 3.27. The Bertz CT molecular complexity index is 859. The van der Waals surface area contributed by atoms with E-state index in [1.165, 1.54) is 0 Å². The summed E-state index contributed by atoms with van der Waals surface area (Å²) in [5.41, 5.74) is 3.06. The normalized spacial score (nSPS) is 16.0. The van der Waals surface area contributed by atoms with Crippen molar-refractivity contribution in [2.24, 2.45) is 4.99 Å². The van der Waals surface area contributed by atoms with Gasteiger partial charge in [-0.05, 0) is 24.3 Å². The third kappa shape index (κ3) is 3.34. The molecule has 4 rings (SSSR count). The molecule has 3 aromatic rings. The van der Waals surface area contributed by atoms with E-state index >= 15 is 0 Å². The van der Waals surface area contributed by atoms with Crippen molar-refractivity contribution in [3.8, 4) is 11.3 Å². The molecule has 120 valence electrons. The van der Waals surface area contributed by atoms with E-state index in [1.54, 1.807) is 23.1 Å². The summed E-state index contributed by atoms with van der Waals surface area (Å²) in [4.78, 5) is 11.7. The fraction of sp³-hybridized carbons (Fsp3) is 0.111. The maximum absolute atomic E-state index is 5.94. The molecule has 1 fully saturated rings. The molecule has 3 nitrogen and oxygen atoms in total. The van der Waals surface area contributed by atoms with Gasteiger partial charge in [0.1, 0.15) is 0 Å². The van der Waals surface area contributed by atoms with Crippen LogP contribution in [0.15, 0.2) is 65.0 Å². The zero-order chi connectivity index (χ0) is 16.4. The van der Waals surface area contributed by atoms with E-state index in [2.05, 4.69) is 22.4 Å². The molecule has 2 heterocycles. The molecular formula is C18H14ClN3S2. The summed E-state index contributed by atoms with van der Waals surface area (Å²) in [6.45, 7) is 0.929. The highest BCUT2D eigenvalue weighted by molar-refractivity contribution is 8.14. The zero-order valence-corrected chi connectivity index (χ0v) is 15.1. The van der Waals surface area contributed by atoms with Crippen molar-refractivity contribution >= 4 is 50.7 Å². The second kappa shape index (κ2) is 6.97. The van der Waals surface area contributed by atoms with Crippen LogP contribution in [-0.4, -0.2) is 22.4 Å². The van der Waals surface area contributed by atoms with Gasteiger partial charge in [-0.1, -0.05) is 53.7 Å². The lowest BCUT2D eigenvalue weighted by molar-refractivity contribution is 1.09. The summed E-state index contributed by atoms with van der Waals surface area (Å²) in [5.74, 6) is 1.02. The van der Waals surface area contributed by atoms with Gasteiger partial charge in [0.2, 0.25) is 0 Å². The minimum atomic E-state index is 0.724. The number of aliphatic imine (C=N–C) groups is 1. The highest BCUT2D eigenvalue weighted by atomic mass is 35.5. The molecule has 24 heavy (non-hydrogen) atoms. The largest absolute Gasteiger partial charge is 0.296 e. The van der Waals surface area contributed by atoms with Gasteiger partial charge in [0.05, 0.1) is 11.4 Å². The van der Waals surface area contributed by atoms with Gasteiger partial charge in [-0.15, -0.1) is 11.3 Å². The number of halogens is 1. The van der Waals surface area contributed by atoms with E-state index in [0.717, 1.165) is 44.6 Å². The van der Waals surface area contributed by atoms with Crippen molar-refractivity contribution in [2.45, 2.75) is 0 Å². The first-order valence-corrected chi connectivity index (χ1v) is 9.79. The molecule has 0 saturated carbocycles. The summed E-state index contributed by atoms with van der Waals surface area (Å²) in [6.07, 6.45) is 0. The number of hydrogen-bond donors (Lipinski definition) is 0. The van der Waals surface area contributed by atoms with Crippen molar-refractivity contribution in [2.75, 3.05) is 17.2 Å². The molecule has 0 amide bonds. The minimum absolute atomic E-state index is 0.724. The van der Waals surface area contributed by atoms with E-state index in [1.807, 2.05) is 42.5 Å². The van der Waals surface area contributed by atoms with Crippen LogP contribution in [-0.2, 0) is 0 Å². The van der Waals surface area contributed by atoms with Gasteiger partial charge in [-0.3, -0.25) is 4.90 Å². The Kier molecular flexibility index (Phi) is 4.56. The number of benzene rings is 2. The summed E-state index contributed by atoms with van der Waals surface area (Å²) < 4.78 is 0. The first-order valence-electron chi connectivity index (χ1n) is 7.55. The first kappa shape index (κ1) is 15.7. The molecule has 1 saturated heterocycles. The van der Waals surface area contributed by atoms with Crippen LogP contribution in [0.3, 0.4) is 0 Å². The first-order chi connectivity index (χ1) is 11.8. The molecule has 0 spiro atoms. The minimum Gasteiger partial charge on any atom is -0.296 e. The molecule has 0 radical (unpaired) electrons. The number of nitrogens with zero attached hydrogens (tertiary/aromatic N) is 3. The van der Waals surface area contributed by atoms with Crippen molar-refractivity contribution < 1.29 is 0 Å². The van der Waals surface area contributed by atoms with Gasteiger partial charge in [0.25, 0.3) is 0 Å². The Balaban J connectivity index is 1.61. The number of amidine groups is 1. The van der Waals surface area contributed by atoms with Gasteiger partial charge < -0.3 is 0 Å². The van der Waals surface area contributed by atoms with Gasteiger partial charge >= 0.3 is 0 Å². The average molecular weight is 372 g/mol. The molecule has 1 aliphatic heterocycles. The Hall–Kier alpha value is -1.82. The number of hydrogen-bond acceptors (Lipinski definition) is 4. The van der Waals surface area contributed by atoms with Crippen molar-refractivity contribution in [1.82, 2.24) is 4.98 Å².